The van der Waals surface area contributed by atoms with Crippen molar-refractivity contribution in [2.24, 2.45) is 0 Å². The lowest BCUT2D eigenvalue weighted by atomic mass is 9.95. The van der Waals surface area contributed by atoms with Gasteiger partial charge in [0.1, 0.15) is 6.61 Å². The van der Waals surface area contributed by atoms with E-state index in [2.05, 4.69) is 10.6 Å². The van der Waals surface area contributed by atoms with Crippen LogP contribution < -0.4 is 10.6 Å². The van der Waals surface area contributed by atoms with Gasteiger partial charge in [-0.15, -0.1) is 0 Å². The topological polar surface area (TPSA) is 76.7 Å². The summed E-state index contributed by atoms with van der Waals surface area (Å²) in [6.07, 6.45) is 1.82. The molecule has 1 aromatic rings. The summed E-state index contributed by atoms with van der Waals surface area (Å²) < 4.78 is 10.9. The van der Waals surface area contributed by atoms with E-state index in [9.17, 15) is 9.59 Å². The van der Waals surface area contributed by atoms with Gasteiger partial charge in [0.25, 0.3) is 0 Å². The number of carbonyl (C=O) groups is 2. The summed E-state index contributed by atoms with van der Waals surface area (Å²) >= 11 is 5.91. The van der Waals surface area contributed by atoms with Crippen LogP contribution in [0.15, 0.2) is 35.5 Å². The molecule has 24 heavy (non-hydrogen) atoms. The van der Waals surface area contributed by atoms with Crippen LogP contribution in [0.2, 0.25) is 5.02 Å². The number of hydrogen-bond donors (Lipinski definition) is 2. The van der Waals surface area contributed by atoms with Crippen molar-refractivity contribution in [2.45, 2.75) is 31.9 Å². The van der Waals surface area contributed by atoms with Crippen molar-refractivity contribution in [2.75, 3.05) is 13.2 Å². The summed E-state index contributed by atoms with van der Waals surface area (Å²) in [7, 11) is 0. The Labute approximate surface area is 145 Å². The Bertz CT molecular complexity index is 666. The number of amides is 2. The van der Waals surface area contributed by atoms with Gasteiger partial charge in [0.2, 0.25) is 0 Å². The molecule has 0 saturated carbocycles. The van der Waals surface area contributed by atoms with E-state index in [1.807, 2.05) is 0 Å². The number of benzene rings is 1. The predicted octanol–water partition coefficient (Wildman–Crippen LogP) is 2.69. The molecule has 6 nitrogen and oxygen atoms in total. The molecule has 0 spiro atoms. The fraction of sp³-hybridized carbons (Fsp3) is 0.412. The van der Waals surface area contributed by atoms with Crippen LogP contribution in [0.25, 0.3) is 0 Å². The minimum absolute atomic E-state index is 0.0463. The second kappa shape index (κ2) is 7.23. The summed E-state index contributed by atoms with van der Waals surface area (Å²) in [5.41, 5.74) is 1.63. The highest BCUT2D eigenvalue weighted by Gasteiger charge is 2.32. The third-order valence-electron chi connectivity index (χ3n) is 4.12. The molecule has 0 unspecified atom stereocenters. The highest BCUT2D eigenvalue weighted by Crippen LogP contribution is 2.28. The van der Waals surface area contributed by atoms with Crippen LogP contribution in [-0.4, -0.2) is 31.3 Å². The van der Waals surface area contributed by atoms with Gasteiger partial charge in [0.15, 0.2) is 0 Å². The van der Waals surface area contributed by atoms with Crippen molar-refractivity contribution < 1.29 is 19.1 Å². The molecule has 0 radical (unpaired) electrons. The molecular weight excluding hydrogens is 332 g/mol. The maximum Gasteiger partial charge on any atom is 0.338 e. The minimum Gasteiger partial charge on any atom is -0.459 e. The summed E-state index contributed by atoms with van der Waals surface area (Å²) in [6.45, 7) is 2.61. The number of allylic oxidation sites excluding steroid dienone is 1. The zero-order valence-electron chi connectivity index (χ0n) is 13.3. The highest BCUT2D eigenvalue weighted by atomic mass is 35.5. The number of esters is 1. The van der Waals surface area contributed by atoms with Gasteiger partial charge in [-0.2, -0.15) is 0 Å². The van der Waals surface area contributed by atoms with Crippen molar-refractivity contribution in [3.05, 3.63) is 46.1 Å². The number of rotatable bonds is 4. The third-order valence-corrected chi connectivity index (χ3v) is 4.37. The molecule has 2 heterocycles. The standard InChI is InChI=1S/C17H19ClN2O4/c1-10-14(16(21)24-9-13-3-2-8-23-13)15(20-17(22)19-10)11-4-6-12(18)7-5-11/h4-7,13,15H,2-3,8-9H2,1H3,(H2,19,20,22)/t13-,15+/m0/s1. The molecule has 3 rings (SSSR count). The summed E-state index contributed by atoms with van der Waals surface area (Å²) in [4.78, 5) is 24.4. The van der Waals surface area contributed by atoms with E-state index in [1.165, 1.54) is 0 Å². The smallest absolute Gasteiger partial charge is 0.338 e. The van der Waals surface area contributed by atoms with Crippen molar-refractivity contribution in [3.8, 4) is 0 Å². The fourth-order valence-corrected chi connectivity index (χ4v) is 3.02. The van der Waals surface area contributed by atoms with Gasteiger partial charge in [0.05, 0.1) is 17.7 Å². The number of ether oxygens (including phenoxy) is 2. The van der Waals surface area contributed by atoms with Gasteiger partial charge in [-0.05, 0) is 37.5 Å². The van der Waals surface area contributed by atoms with Crippen LogP contribution in [0, 0.1) is 0 Å². The lowest BCUT2D eigenvalue weighted by Crippen LogP contribution is -2.45. The first kappa shape index (κ1) is 16.8. The van der Waals surface area contributed by atoms with Gasteiger partial charge in [-0.3, -0.25) is 0 Å². The summed E-state index contributed by atoms with van der Waals surface area (Å²) in [5, 5.41) is 5.96. The normalized spacial score (nSPS) is 23.7. The fourth-order valence-electron chi connectivity index (χ4n) is 2.89. The predicted molar refractivity (Wildman–Crippen MR) is 88.5 cm³/mol. The second-order valence-corrected chi connectivity index (χ2v) is 6.29. The molecule has 7 heteroatoms. The van der Waals surface area contributed by atoms with E-state index >= 15 is 0 Å². The Morgan fingerprint density at radius 3 is 2.79 bits per heavy atom. The molecule has 0 bridgehead atoms. The molecule has 1 saturated heterocycles. The van der Waals surface area contributed by atoms with Crippen molar-refractivity contribution >= 4 is 23.6 Å². The Morgan fingerprint density at radius 1 is 1.38 bits per heavy atom. The first-order valence-corrected chi connectivity index (χ1v) is 8.25. The lowest BCUT2D eigenvalue weighted by molar-refractivity contribution is -0.142. The van der Waals surface area contributed by atoms with Gasteiger partial charge in [-0.25, -0.2) is 9.59 Å². The molecule has 2 amide bonds. The third kappa shape index (κ3) is 3.71. The van der Waals surface area contributed by atoms with Crippen LogP contribution >= 0.6 is 11.6 Å². The first-order valence-electron chi connectivity index (χ1n) is 7.87. The number of urea groups is 1. The highest BCUT2D eigenvalue weighted by molar-refractivity contribution is 6.30. The van der Waals surface area contributed by atoms with Crippen LogP contribution in [0.3, 0.4) is 0 Å². The zero-order valence-corrected chi connectivity index (χ0v) is 14.1. The summed E-state index contributed by atoms with van der Waals surface area (Å²) in [6, 6.07) is 6.06. The van der Waals surface area contributed by atoms with Crippen molar-refractivity contribution in [1.82, 2.24) is 10.6 Å². The van der Waals surface area contributed by atoms with Crippen molar-refractivity contribution in [1.29, 1.82) is 0 Å². The SMILES string of the molecule is CC1=C(C(=O)OC[C@@H]2CCCO2)[C@@H](c2ccc(Cl)cc2)NC(=O)N1. The average molecular weight is 351 g/mol. The number of halogens is 1. The monoisotopic (exact) mass is 350 g/mol. The molecule has 2 aliphatic rings. The molecule has 128 valence electrons. The maximum absolute atomic E-state index is 12.6. The zero-order chi connectivity index (χ0) is 17.1. The molecule has 2 N–H and O–H groups in total. The largest absolute Gasteiger partial charge is 0.459 e. The second-order valence-electron chi connectivity index (χ2n) is 5.86. The lowest BCUT2D eigenvalue weighted by Gasteiger charge is -2.28. The van der Waals surface area contributed by atoms with E-state index < -0.39 is 12.0 Å². The molecule has 1 fully saturated rings. The van der Waals surface area contributed by atoms with Gasteiger partial charge in [-0.1, -0.05) is 23.7 Å². The number of hydrogen-bond acceptors (Lipinski definition) is 4. The number of nitrogens with one attached hydrogen (secondary N) is 2. The minimum atomic E-state index is -0.576. The van der Waals surface area contributed by atoms with E-state index in [-0.39, 0.29) is 18.7 Å². The van der Waals surface area contributed by atoms with Crippen molar-refractivity contribution in [3.63, 3.8) is 0 Å². The summed E-state index contributed by atoms with van der Waals surface area (Å²) in [5.74, 6) is -0.463. The van der Waals surface area contributed by atoms with E-state index in [0.717, 1.165) is 18.4 Å². The Morgan fingerprint density at radius 2 is 2.12 bits per heavy atom. The van der Waals surface area contributed by atoms with E-state index in [1.54, 1.807) is 31.2 Å². The van der Waals surface area contributed by atoms with Gasteiger partial charge >= 0.3 is 12.0 Å². The molecule has 0 aromatic heterocycles. The molecule has 2 atom stereocenters. The van der Waals surface area contributed by atoms with Crippen LogP contribution in [0.5, 0.6) is 0 Å². The molecule has 2 aliphatic heterocycles. The average Bonchev–Trinajstić information content (AvgIpc) is 3.06. The Hall–Kier alpha value is -2.05. The first-order chi connectivity index (χ1) is 11.5. The Kier molecular flexibility index (Phi) is 5.06. The van der Waals surface area contributed by atoms with Crippen LogP contribution in [0.1, 0.15) is 31.4 Å². The van der Waals surface area contributed by atoms with Gasteiger partial charge < -0.3 is 20.1 Å². The van der Waals surface area contributed by atoms with E-state index in [0.29, 0.717) is 22.9 Å². The van der Waals surface area contributed by atoms with E-state index in [4.69, 9.17) is 21.1 Å². The quantitative estimate of drug-likeness (QED) is 0.818. The molecular formula is C17H19ClN2O4. The van der Waals surface area contributed by atoms with Crippen LogP contribution in [-0.2, 0) is 14.3 Å². The number of carbonyl (C=O) groups excluding carboxylic acids is 2. The van der Waals surface area contributed by atoms with Crippen LogP contribution in [0.4, 0.5) is 4.79 Å². The Balaban J connectivity index is 1.80. The van der Waals surface area contributed by atoms with Gasteiger partial charge in [0, 0.05) is 17.3 Å². The molecule has 0 aliphatic carbocycles. The molecule has 1 aromatic carbocycles. The maximum atomic E-state index is 12.6.